The zero-order valence-electron chi connectivity index (χ0n) is 12.7. The van der Waals surface area contributed by atoms with E-state index in [2.05, 4.69) is 14.7 Å². The quantitative estimate of drug-likeness (QED) is 0.426. The third-order valence-electron chi connectivity index (χ3n) is 3.04. The molecule has 0 unspecified atom stereocenters. The molecule has 0 fully saturated rings. The van der Waals surface area contributed by atoms with Crippen molar-refractivity contribution in [2.75, 3.05) is 0 Å². The van der Waals surface area contributed by atoms with E-state index in [1.54, 1.807) is 6.21 Å². The molecule has 114 valence electrons. The molecule has 0 aromatic heterocycles. The van der Waals surface area contributed by atoms with Gasteiger partial charge in [-0.15, -0.1) is 0 Å². The summed E-state index contributed by atoms with van der Waals surface area (Å²) >= 11 is 1.82. The van der Waals surface area contributed by atoms with Crippen molar-refractivity contribution in [3.8, 4) is 5.75 Å². The van der Waals surface area contributed by atoms with Crippen LogP contribution in [0.3, 0.4) is 0 Å². The Balaban J connectivity index is 0.00000128. The number of hydrogen-bond acceptors (Lipinski definition) is 2. The van der Waals surface area contributed by atoms with Gasteiger partial charge in [0.15, 0.2) is 0 Å². The van der Waals surface area contributed by atoms with E-state index in [0.29, 0.717) is 5.75 Å². The van der Waals surface area contributed by atoms with E-state index in [0.717, 1.165) is 27.9 Å². The second-order valence-electron chi connectivity index (χ2n) is 4.51. The van der Waals surface area contributed by atoms with Crippen molar-refractivity contribution < 1.29 is 22.4 Å². The topological polar surface area (TPSA) is 32.6 Å². The van der Waals surface area contributed by atoms with Crippen LogP contribution in [0, 0.1) is 28.2 Å². The van der Waals surface area contributed by atoms with Crippen LogP contribution in [0.2, 0.25) is 0 Å². The Kier molecular flexibility index (Phi) is 9.16. The third kappa shape index (κ3) is 5.26. The summed E-state index contributed by atoms with van der Waals surface area (Å²) in [5, 5.41) is 9.92. The van der Waals surface area contributed by atoms with Crippen LogP contribution in [0.15, 0.2) is 41.4 Å². The Morgan fingerprint density at radius 3 is 2.00 bits per heavy atom. The van der Waals surface area contributed by atoms with Gasteiger partial charge >= 0.3 is 27.0 Å². The fourth-order valence-corrected chi connectivity index (χ4v) is 1.93. The standard InChI is InChI=1S/C16H17NO.CH3.ClH.Ru/c1-11-6-4-7-12(2)15(11)17-10-14-9-5-8-13(3)16(14)18;;;/h4-10,18H,1-3H3;1H3;1H;/q;-1;;+2/p-1. The van der Waals surface area contributed by atoms with E-state index in [9.17, 15) is 5.11 Å². The van der Waals surface area contributed by atoms with E-state index in [4.69, 9.17) is 0 Å². The molecule has 2 rings (SSSR count). The molecule has 0 amide bonds. The van der Waals surface area contributed by atoms with Crippen LogP contribution < -0.4 is 0 Å². The first-order chi connectivity index (χ1) is 9.59. The predicted octanol–water partition coefficient (Wildman–Crippen LogP) is 5.21. The molecule has 0 heterocycles. The summed E-state index contributed by atoms with van der Waals surface area (Å²) in [5.41, 5.74) is 4.85. The fraction of sp³-hybridized carbons (Fsp3) is 0.176. The van der Waals surface area contributed by atoms with E-state index in [1.807, 2.05) is 74.5 Å². The van der Waals surface area contributed by atoms with Gasteiger partial charge in [-0.05, 0) is 43.5 Å². The molecule has 0 radical (unpaired) electrons. The summed E-state index contributed by atoms with van der Waals surface area (Å²) < 4.78 is 0. The number of nitrogens with zero attached hydrogens (tertiary/aromatic N) is 1. The van der Waals surface area contributed by atoms with Crippen molar-refractivity contribution in [1.82, 2.24) is 0 Å². The van der Waals surface area contributed by atoms with E-state index in [-0.39, 0.29) is 7.43 Å². The normalized spacial score (nSPS) is 9.76. The molecule has 0 saturated heterocycles. The minimum absolute atomic E-state index is 0. The molecule has 2 aromatic carbocycles. The van der Waals surface area contributed by atoms with Crippen molar-refractivity contribution >= 4 is 21.6 Å². The Labute approximate surface area is 141 Å². The molecule has 0 spiro atoms. The zero-order valence-corrected chi connectivity index (χ0v) is 15.2. The van der Waals surface area contributed by atoms with Gasteiger partial charge in [0.2, 0.25) is 0 Å². The first-order valence-corrected chi connectivity index (χ1v) is 8.35. The van der Waals surface area contributed by atoms with Crippen LogP contribution in [0.25, 0.3) is 0 Å². The van der Waals surface area contributed by atoms with Crippen LogP contribution in [0.1, 0.15) is 22.3 Å². The van der Waals surface area contributed by atoms with Crippen molar-refractivity contribution in [3.63, 3.8) is 0 Å². The molecule has 0 saturated carbocycles. The Morgan fingerprint density at radius 1 is 0.952 bits per heavy atom. The monoisotopic (exact) mass is 391 g/mol. The first kappa shape index (κ1) is 19.8. The van der Waals surface area contributed by atoms with Crippen LogP contribution in [0.4, 0.5) is 5.69 Å². The summed E-state index contributed by atoms with van der Waals surface area (Å²) in [6.07, 6.45) is 1.72. The molecular weight excluding hydrogens is 371 g/mol. The summed E-state index contributed by atoms with van der Waals surface area (Å²) in [7, 11) is 4.57. The van der Waals surface area contributed by atoms with E-state index in [1.165, 1.54) is 0 Å². The number of aryl methyl sites for hydroxylation is 3. The van der Waals surface area contributed by atoms with Gasteiger partial charge in [-0.2, -0.15) is 0 Å². The molecular formula is C17H20ClNORu. The summed E-state index contributed by atoms with van der Waals surface area (Å²) in [4.78, 5) is 4.49. The number of phenols is 1. The number of halogens is 1. The molecule has 2 nitrogen and oxygen atoms in total. The summed E-state index contributed by atoms with van der Waals surface area (Å²) in [6, 6.07) is 11.8. The van der Waals surface area contributed by atoms with Gasteiger partial charge in [-0.25, -0.2) is 0 Å². The average molecular weight is 391 g/mol. The van der Waals surface area contributed by atoms with Crippen molar-refractivity contribution in [1.29, 1.82) is 0 Å². The predicted molar refractivity (Wildman–Crippen MR) is 88.3 cm³/mol. The molecule has 0 aliphatic rings. The van der Waals surface area contributed by atoms with Gasteiger partial charge in [-0.3, -0.25) is 4.99 Å². The van der Waals surface area contributed by atoms with Crippen LogP contribution in [0.5, 0.6) is 5.75 Å². The second-order valence-corrected chi connectivity index (χ2v) is 4.51. The number of hydrogen-bond donors (Lipinski definition) is 1. The number of aliphatic imine (C=N–C) groups is 1. The molecule has 1 N–H and O–H groups in total. The molecule has 4 heteroatoms. The van der Waals surface area contributed by atoms with E-state index < -0.39 is 0 Å². The summed E-state index contributed by atoms with van der Waals surface area (Å²) in [5.74, 6) is 0.299. The Hall–Kier alpha value is -1.18. The van der Waals surface area contributed by atoms with Gasteiger partial charge in [-0.1, -0.05) is 30.3 Å². The number of aromatic hydroxyl groups is 1. The molecule has 0 aliphatic carbocycles. The molecule has 2 aromatic rings. The average Bonchev–Trinajstić information content (AvgIpc) is 2.45. The maximum atomic E-state index is 9.92. The number of phenolic OH excluding ortho intramolecular Hbond substituents is 1. The molecule has 21 heavy (non-hydrogen) atoms. The zero-order chi connectivity index (χ0) is 15.1. The van der Waals surface area contributed by atoms with Crippen LogP contribution in [-0.2, 0) is 17.3 Å². The van der Waals surface area contributed by atoms with Gasteiger partial charge in [0.05, 0.1) is 5.69 Å². The van der Waals surface area contributed by atoms with Gasteiger partial charge in [0.25, 0.3) is 0 Å². The van der Waals surface area contributed by atoms with Crippen molar-refractivity contribution in [2.45, 2.75) is 20.8 Å². The van der Waals surface area contributed by atoms with Gasteiger partial charge in [0, 0.05) is 11.8 Å². The second kappa shape index (κ2) is 9.70. The van der Waals surface area contributed by atoms with Crippen molar-refractivity contribution in [2.24, 2.45) is 4.99 Å². The summed E-state index contributed by atoms with van der Waals surface area (Å²) in [6.45, 7) is 5.96. The first-order valence-electron chi connectivity index (χ1n) is 6.12. The minimum atomic E-state index is 0. The van der Waals surface area contributed by atoms with E-state index >= 15 is 0 Å². The fourth-order valence-electron chi connectivity index (χ4n) is 1.93. The maximum absolute atomic E-state index is 9.92. The Morgan fingerprint density at radius 2 is 1.43 bits per heavy atom. The Bertz CT molecular complexity index is 591. The van der Waals surface area contributed by atoms with Crippen molar-refractivity contribution in [3.05, 3.63) is 66.1 Å². The number of benzene rings is 2. The molecule has 0 atom stereocenters. The number of rotatable bonds is 2. The number of para-hydroxylation sites is 2. The van der Waals surface area contributed by atoms with Crippen LogP contribution in [-0.4, -0.2) is 11.3 Å². The van der Waals surface area contributed by atoms with Gasteiger partial charge in [0.1, 0.15) is 5.75 Å². The third-order valence-corrected chi connectivity index (χ3v) is 3.04. The SMILES string of the molecule is Cc1cccc(C=Nc2c(C)cccc2C)c1O.[CH3-].[Cl][Ru+]. The molecule has 0 aliphatic heterocycles. The van der Waals surface area contributed by atoms with Gasteiger partial charge < -0.3 is 12.5 Å². The molecule has 0 bridgehead atoms. The van der Waals surface area contributed by atoms with Crippen LogP contribution >= 0.6 is 9.69 Å².